The van der Waals surface area contributed by atoms with Crippen molar-refractivity contribution < 1.29 is 14.6 Å². The van der Waals surface area contributed by atoms with Gasteiger partial charge < -0.3 is 9.84 Å². The van der Waals surface area contributed by atoms with E-state index >= 15 is 0 Å². The van der Waals surface area contributed by atoms with Crippen molar-refractivity contribution in [1.29, 1.82) is 0 Å². The summed E-state index contributed by atoms with van der Waals surface area (Å²) in [6.07, 6.45) is 0.307. The van der Waals surface area contributed by atoms with Crippen LogP contribution in [0.25, 0.3) is 0 Å². The van der Waals surface area contributed by atoms with E-state index in [9.17, 15) is 4.79 Å². The number of methoxy groups -OCH3 is 1. The molecular weight excluding hydrogens is 212 g/mol. The van der Waals surface area contributed by atoms with Gasteiger partial charge in [0.1, 0.15) is 0 Å². The van der Waals surface area contributed by atoms with Gasteiger partial charge in [0.05, 0.1) is 20.1 Å². The van der Waals surface area contributed by atoms with Crippen LogP contribution in [0.3, 0.4) is 0 Å². The highest BCUT2D eigenvalue weighted by molar-refractivity contribution is 7.99. The van der Waals surface area contributed by atoms with Gasteiger partial charge in [0.25, 0.3) is 0 Å². The summed E-state index contributed by atoms with van der Waals surface area (Å²) in [4.78, 5) is 12.1. The van der Waals surface area contributed by atoms with Gasteiger partial charge in [-0.3, -0.25) is 4.79 Å². The third-order valence-electron chi connectivity index (χ3n) is 1.86. The number of ether oxygens (including phenoxy) is 1. The maximum atomic E-state index is 11.0. The average Bonchev–Trinajstić information content (AvgIpc) is 2.28. The minimum Gasteiger partial charge on any atom is -0.469 e. The molecule has 0 unspecified atom stereocenters. The molecule has 0 aliphatic carbocycles. The van der Waals surface area contributed by atoms with Crippen LogP contribution in [0.5, 0.6) is 0 Å². The second kappa shape index (κ2) is 6.48. The zero-order valence-electron chi connectivity index (χ0n) is 8.60. The lowest BCUT2D eigenvalue weighted by atomic mass is 10.2. The van der Waals surface area contributed by atoms with Crippen molar-refractivity contribution in [2.24, 2.45) is 0 Å². The van der Waals surface area contributed by atoms with Gasteiger partial charge in [0.15, 0.2) is 0 Å². The molecule has 0 saturated carbocycles. The van der Waals surface area contributed by atoms with Gasteiger partial charge in [-0.1, -0.05) is 12.1 Å². The molecule has 0 amide bonds. The first-order chi connectivity index (χ1) is 7.26. The lowest BCUT2D eigenvalue weighted by Crippen LogP contribution is -2.04. The Morgan fingerprint density at radius 1 is 1.40 bits per heavy atom. The smallest absolute Gasteiger partial charge is 0.309 e. The molecule has 1 rings (SSSR count). The zero-order valence-corrected chi connectivity index (χ0v) is 9.42. The number of aliphatic hydroxyl groups is 1. The van der Waals surface area contributed by atoms with Gasteiger partial charge in [-0.25, -0.2) is 0 Å². The van der Waals surface area contributed by atoms with Crippen LogP contribution in [0.2, 0.25) is 0 Å². The second-order valence-electron chi connectivity index (χ2n) is 2.97. The first-order valence-electron chi connectivity index (χ1n) is 4.65. The Labute approximate surface area is 93.4 Å². The van der Waals surface area contributed by atoms with E-state index in [-0.39, 0.29) is 12.6 Å². The SMILES string of the molecule is COC(=O)Cc1ccc(SCCO)cc1. The third kappa shape index (κ3) is 4.36. The maximum Gasteiger partial charge on any atom is 0.309 e. The first kappa shape index (κ1) is 12.1. The van der Waals surface area contributed by atoms with E-state index < -0.39 is 0 Å². The van der Waals surface area contributed by atoms with Gasteiger partial charge in [-0.15, -0.1) is 11.8 Å². The number of carbonyl (C=O) groups is 1. The molecule has 0 bridgehead atoms. The lowest BCUT2D eigenvalue weighted by molar-refractivity contribution is -0.139. The van der Waals surface area contributed by atoms with Gasteiger partial charge in [0, 0.05) is 10.6 Å². The summed E-state index contributed by atoms with van der Waals surface area (Å²) in [5.41, 5.74) is 0.940. The molecule has 0 heterocycles. The van der Waals surface area contributed by atoms with E-state index in [0.717, 1.165) is 10.5 Å². The molecule has 0 aliphatic rings. The van der Waals surface area contributed by atoms with E-state index in [2.05, 4.69) is 4.74 Å². The summed E-state index contributed by atoms with van der Waals surface area (Å²) in [6.45, 7) is 0.175. The van der Waals surface area contributed by atoms with Crippen LogP contribution < -0.4 is 0 Å². The Hall–Kier alpha value is -1.00. The molecule has 1 aromatic rings. The number of hydrogen-bond acceptors (Lipinski definition) is 4. The van der Waals surface area contributed by atoms with Crippen LogP contribution >= 0.6 is 11.8 Å². The third-order valence-corrected chi connectivity index (χ3v) is 2.85. The highest BCUT2D eigenvalue weighted by atomic mass is 32.2. The predicted molar refractivity (Wildman–Crippen MR) is 60.0 cm³/mol. The van der Waals surface area contributed by atoms with Gasteiger partial charge >= 0.3 is 5.97 Å². The molecule has 0 spiro atoms. The van der Waals surface area contributed by atoms with Crippen molar-refractivity contribution in [2.75, 3.05) is 19.5 Å². The van der Waals surface area contributed by atoms with E-state index in [0.29, 0.717) is 12.2 Å². The number of thioether (sulfide) groups is 1. The number of benzene rings is 1. The highest BCUT2D eigenvalue weighted by Crippen LogP contribution is 2.18. The van der Waals surface area contributed by atoms with Crippen molar-refractivity contribution in [3.8, 4) is 0 Å². The quantitative estimate of drug-likeness (QED) is 0.610. The number of rotatable bonds is 5. The number of carbonyl (C=O) groups excluding carboxylic acids is 1. The molecule has 0 radical (unpaired) electrons. The molecule has 15 heavy (non-hydrogen) atoms. The standard InChI is InChI=1S/C11H14O3S/c1-14-11(13)8-9-2-4-10(5-3-9)15-7-6-12/h2-5,12H,6-8H2,1H3. The van der Waals surface area contributed by atoms with Crippen LogP contribution in [-0.4, -0.2) is 30.5 Å². The Balaban J connectivity index is 2.52. The first-order valence-corrected chi connectivity index (χ1v) is 5.64. The number of esters is 1. The minimum absolute atomic E-state index is 0.175. The molecule has 3 nitrogen and oxygen atoms in total. The molecule has 0 atom stereocenters. The van der Waals surface area contributed by atoms with Crippen LogP contribution in [0.4, 0.5) is 0 Å². The fourth-order valence-corrected chi connectivity index (χ4v) is 1.76. The molecule has 4 heteroatoms. The fraction of sp³-hybridized carbons (Fsp3) is 0.364. The van der Waals surface area contributed by atoms with E-state index in [1.807, 2.05) is 24.3 Å². The molecular formula is C11H14O3S. The van der Waals surface area contributed by atoms with Crippen molar-refractivity contribution in [3.63, 3.8) is 0 Å². The maximum absolute atomic E-state index is 11.0. The highest BCUT2D eigenvalue weighted by Gasteiger charge is 2.02. The van der Waals surface area contributed by atoms with Gasteiger partial charge in [-0.05, 0) is 17.7 Å². The van der Waals surface area contributed by atoms with Crippen molar-refractivity contribution in [2.45, 2.75) is 11.3 Å². The monoisotopic (exact) mass is 226 g/mol. The van der Waals surface area contributed by atoms with Crippen LogP contribution in [-0.2, 0) is 16.0 Å². The molecule has 0 saturated heterocycles. The second-order valence-corrected chi connectivity index (χ2v) is 4.14. The van der Waals surface area contributed by atoms with Crippen molar-refractivity contribution in [3.05, 3.63) is 29.8 Å². The van der Waals surface area contributed by atoms with Crippen LogP contribution in [0.1, 0.15) is 5.56 Å². The fourth-order valence-electron chi connectivity index (χ4n) is 1.11. The Morgan fingerprint density at radius 2 is 2.07 bits per heavy atom. The van der Waals surface area contributed by atoms with Crippen molar-refractivity contribution >= 4 is 17.7 Å². The molecule has 1 aromatic carbocycles. The Bertz CT molecular complexity index is 308. The summed E-state index contributed by atoms with van der Waals surface area (Å²) < 4.78 is 4.57. The predicted octanol–water partition coefficient (Wildman–Crippen LogP) is 1.49. The van der Waals surface area contributed by atoms with E-state index in [4.69, 9.17) is 5.11 Å². The number of aliphatic hydroxyl groups excluding tert-OH is 1. The van der Waals surface area contributed by atoms with Gasteiger partial charge in [-0.2, -0.15) is 0 Å². The molecule has 1 N–H and O–H groups in total. The van der Waals surface area contributed by atoms with Crippen LogP contribution in [0, 0.1) is 0 Å². The normalized spacial score (nSPS) is 10.0. The topological polar surface area (TPSA) is 46.5 Å². The lowest BCUT2D eigenvalue weighted by Gasteiger charge is -2.02. The summed E-state index contributed by atoms with van der Waals surface area (Å²) in [7, 11) is 1.38. The van der Waals surface area contributed by atoms with Crippen LogP contribution in [0.15, 0.2) is 29.2 Å². The minimum atomic E-state index is -0.231. The summed E-state index contributed by atoms with van der Waals surface area (Å²) >= 11 is 1.59. The summed E-state index contributed by atoms with van der Waals surface area (Å²) in [5.74, 6) is 0.460. The number of hydrogen-bond donors (Lipinski definition) is 1. The zero-order chi connectivity index (χ0) is 11.1. The van der Waals surface area contributed by atoms with E-state index in [1.54, 1.807) is 11.8 Å². The summed E-state index contributed by atoms with van der Waals surface area (Å²) in [5, 5.41) is 8.65. The average molecular weight is 226 g/mol. The molecule has 82 valence electrons. The Morgan fingerprint density at radius 3 is 2.60 bits per heavy atom. The van der Waals surface area contributed by atoms with Gasteiger partial charge in [0.2, 0.25) is 0 Å². The van der Waals surface area contributed by atoms with Crippen molar-refractivity contribution in [1.82, 2.24) is 0 Å². The molecule has 0 fully saturated rings. The largest absolute Gasteiger partial charge is 0.469 e. The van der Waals surface area contributed by atoms with E-state index in [1.165, 1.54) is 7.11 Å². The molecule has 0 aliphatic heterocycles. The molecule has 0 aromatic heterocycles. The Kier molecular flexibility index (Phi) is 5.21. The summed E-state index contributed by atoms with van der Waals surface area (Å²) in [6, 6.07) is 7.68.